The Balaban J connectivity index is 2.20. The summed E-state index contributed by atoms with van der Waals surface area (Å²) in [7, 11) is 0. The molecule has 0 saturated carbocycles. The highest BCUT2D eigenvalue weighted by molar-refractivity contribution is 6.30. The molecular formula is C16H17ClFN. The van der Waals surface area contributed by atoms with Crippen LogP contribution in [0, 0.1) is 19.7 Å². The number of halogens is 2. The van der Waals surface area contributed by atoms with Crippen molar-refractivity contribution in [3.8, 4) is 0 Å². The molecule has 2 aromatic carbocycles. The first-order valence-corrected chi connectivity index (χ1v) is 6.64. The van der Waals surface area contributed by atoms with E-state index in [0.717, 1.165) is 5.69 Å². The third kappa shape index (κ3) is 3.27. The molecule has 0 radical (unpaired) electrons. The zero-order valence-electron chi connectivity index (χ0n) is 11.3. The lowest BCUT2D eigenvalue weighted by molar-refractivity contribution is 0.628. The zero-order valence-corrected chi connectivity index (χ0v) is 12.1. The first kappa shape index (κ1) is 13.9. The molecule has 1 unspecified atom stereocenters. The van der Waals surface area contributed by atoms with Gasteiger partial charge in [0.15, 0.2) is 0 Å². The average Bonchev–Trinajstić information content (AvgIpc) is 2.33. The fourth-order valence-corrected chi connectivity index (χ4v) is 2.34. The summed E-state index contributed by atoms with van der Waals surface area (Å²) in [5.41, 5.74) is 4.41. The fourth-order valence-electron chi connectivity index (χ4n) is 2.23. The van der Waals surface area contributed by atoms with Crippen molar-refractivity contribution in [1.29, 1.82) is 0 Å². The van der Waals surface area contributed by atoms with E-state index in [1.165, 1.54) is 22.8 Å². The Morgan fingerprint density at radius 2 is 1.84 bits per heavy atom. The largest absolute Gasteiger partial charge is 0.378 e. The van der Waals surface area contributed by atoms with Crippen molar-refractivity contribution in [3.05, 3.63) is 63.9 Å². The van der Waals surface area contributed by atoms with Crippen molar-refractivity contribution in [2.45, 2.75) is 26.8 Å². The number of hydrogen-bond donors (Lipinski definition) is 1. The standard InChI is InChI=1S/C16H17ClFN/c1-10-4-6-14(11(2)8-10)12(3)19-13-5-7-15(17)16(18)9-13/h4-9,12,19H,1-3H3. The van der Waals surface area contributed by atoms with Gasteiger partial charge >= 0.3 is 0 Å². The van der Waals surface area contributed by atoms with Crippen LogP contribution in [-0.2, 0) is 0 Å². The minimum absolute atomic E-state index is 0.112. The monoisotopic (exact) mass is 277 g/mol. The number of rotatable bonds is 3. The van der Waals surface area contributed by atoms with Crippen LogP contribution in [0.4, 0.5) is 10.1 Å². The molecule has 0 aliphatic heterocycles. The minimum atomic E-state index is -0.403. The van der Waals surface area contributed by atoms with Gasteiger partial charge in [-0.05, 0) is 50.1 Å². The summed E-state index contributed by atoms with van der Waals surface area (Å²) in [5, 5.41) is 3.43. The molecule has 0 spiro atoms. The number of aryl methyl sites for hydroxylation is 2. The number of anilines is 1. The van der Waals surface area contributed by atoms with Gasteiger partial charge in [-0.2, -0.15) is 0 Å². The van der Waals surface area contributed by atoms with Crippen molar-refractivity contribution in [2.24, 2.45) is 0 Å². The first-order chi connectivity index (χ1) is 8.97. The second-order valence-electron chi connectivity index (χ2n) is 4.85. The van der Waals surface area contributed by atoms with Crippen LogP contribution in [0.25, 0.3) is 0 Å². The summed E-state index contributed by atoms with van der Waals surface area (Å²) in [6.45, 7) is 6.22. The number of hydrogen-bond acceptors (Lipinski definition) is 1. The molecule has 0 heterocycles. The van der Waals surface area contributed by atoms with Crippen molar-refractivity contribution >= 4 is 17.3 Å². The van der Waals surface area contributed by atoms with Crippen LogP contribution in [0.2, 0.25) is 5.02 Å². The zero-order chi connectivity index (χ0) is 14.0. The van der Waals surface area contributed by atoms with E-state index in [1.807, 2.05) is 0 Å². The molecule has 2 aromatic rings. The Labute approximate surface area is 118 Å². The molecule has 0 bridgehead atoms. The van der Waals surface area contributed by atoms with E-state index >= 15 is 0 Å². The van der Waals surface area contributed by atoms with Gasteiger partial charge < -0.3 is 5.32 Å². The van der Waals surface area contributed by atoms with Crippen LogP contribution in [0.3, 0.4) is 0 Å². The molecule has 1 nitrogen and oxygen atoms in total. The third-order valence-electron chi connectivity index (χ3n) is 3.19. The third-order valence-corrected chi connectivity index (χ3v) is 3.50. The predicted molar refractivity (Wildman–Crippen MR) is 79.4 cm³/mol. The Morgan fingerprint density at radius 3 is 2.47 bits per heavy atom. The van der Waals surface area contributed by atoms with Crippen LogP contribution in [0.5, 0.6) is 0 Å². The summed E-state index contributed by atoms with van der Waals surface area (Å²) in [6.07, 6.45) is 0. The van der Waals surface area contributed by atoms with Gasteiger partial charge in [-0.1, -0.05) is 35.4 Å². The fraction of sp³-hybridized carbons (Fsp3) is 0.250. The maximum Gasteiger partial charge on any atom is 0.143 e. The van der Waals surface area contributed by atoms with Crippen LogP contribution in [0.15, 0.2) is 36.4 Å². The molecule has 0 saturated heterocycles. The van der Waals surface area contributed by atoms with Crippen LogP contribution < -0.4 is 5.32 Å². The Hall–Kier alpha value is -1.54. The van der Waals surface area contributed by atoms with Gasteiger partial charge in [0.05, 0.1) is 5.02 Å². The highest BCUT2D eigenvalue weighted by Crippen LogP contribution is 2.25. The second kappa shape index (κ2) is 5.62. The van der Waals surface area contributed by atoms with Crippen LogP contribution in [0.1, 0.15) is 29.7 Å². The van der Waals surface area contributed by atoms with Crippen LogP contribution in [-0.4, -0.2) is 0 Å². The highest BCUT2D eigenvalue weighted by Gasteiger charge is 2.09. The summed E-state index contributed by atoms with van der Waals surface area (Å²) >= 11 is 5.67. The van der Waals surface area contributed by atoms with Gasteiger partial charge in [0.25, 0.3) is 0 Å². The summed E-state index contributed by atoms with van der Waals surface area (Å²) in [4.78, 5) is 0. The van der Waals surface area contributed by atoms with E-state index in [1.54, 1.807) is 12.1 Å². The minimum Gasteiger partial charge on any atom is -0.378 e. The number of nitrogens with one attached hydrogen (secondary N) is 1. The molecule has 1 atom stereocenters. The maximum atomic E-state index is 13.4. The Kier molecular flexibility index (Phi) is 4.11. The molecule has 0 aliphatic rings. The molecule has 19 heavy (non-hydrogen) atoms. The van der Waals surface area contributed by atoms with E-state index in [9.17, 15) is 4.39 Å². The molecule has 100 valence electrons. The van der Waals surface area contributed by atoms with Gasteiger partial charge in [0.2, 0.25) is 0 Å². The normalized spacial score (nSPS) is 12.3. The predicted octanol–water partition coefficient (Wildman–Crippen LogP) is 5.27. The lowest BCUT2D eigenvalue weighted by Gasteiger charge is -2.18. The topological polar surface area (TPSA) is 12.0 Å². The molecule has 1 N–H and O–H groups in total. The van der Waals surface area contributed by atoms with Crippen molar-refractivity contribution in [2.75, 3.05) is 5.32 Å². The quantitative estimate of drug-likeness (QED) is 0.806. The molecule has 0 fully saturated rings. The van der Waals surface area contributed by atoms with Gasteiger partial charge in [0, 0.05) is 11.7 Å². The molecule has 0 aliphatic carbocycles. The van der Waals surface area contributed by atoms with Gasteiger partial charge in [0.1, 0.15) is 5.82 Å². The van der Waals surface area contributed by atoms with E-state index in [-0.39, 0.29) is 11.1 Å². The van der Waals surface area contributed by atoms with E-state index in [4.69, 9.17) is 11.6 Å². The maximum absolute atomic E-state index is 13.4. The average molecular weight is 278 g/mol. The van der Waals surface area contributed by atoms with E-state index in [0.29, 0.717) is 0 Å². The van der Waals surface area contributed by atoms with Gasteiger partial charge in [-0.15, -0.1) is 0 Å². The van der Waals surface area contributed by atoms with E-state index in [2.05, 4.69) is 44.3 Å². The smallest absolute Gasteiger partial charge is 0.143 e. The van der Waals surface area contributed by atoms with Crippen molar-refractivity contribution in [3.63, 3.8) is 0 Å². The highest BCUT2D eigenvalue weighted by atomic mass is 35.5. The molecule has 0 aromatic heterocycles. The molecule has 2 rings (SSSR count). The summed E-state index contributed by atoms with van der Waals surface area (Å²) in [6, 6.07) is 11.2. The van der Waals surface area contributed by atoms with Gasteiger partial charge in [-0.25, -0.2) is 4.39 Å². The summed E-state index contributed by atoms with van der Waals surface area (Å²) in [5.74, 6) is -0.403. The van der Waals surface area contributed by atoms with E-state index < -0.39 is 5.82 Å². The summed E-state index contributed by atoms with van der Waals surface area (Å²) < 4.78 is 13.4. The first-order valence-electron chi connectivity index (χ1n) is 6.26. The molecule has 0 amide bonds. The van der Waals surface area contributed by atoms with Crippen molar-refractivity contribution in [1.82, 2.24) is 0 Å². The van der Waals surface area contributed by atoms with Crippen LogP contribution >= 0.6 is 11.6 Å². The lowest BCUT2D eigenvalue weighted by atomic mass is 10.00. The Bertz CT molecular complexity index is 595. The number of benzene rings is 2. The Morgan fingerprint density at radius 1 is 1.11 bits per heavy atom. The van der Waals surface area contributed by atoms with Gasteiger partial charge in [-0.3, -0.25) is 0 Å². The lowest BCUT2D eigenvalue weighted by Crippen LogP contribution is -2.08. The second-order valence-corrected chi connectivity index (χ2v) is 5.26. The molecular weight excluding hydrogens is 261 g/mol. The SMILES string of the molecule is Cc1ccc(C(C)Nc2ccc(Cl)c(F)c2)c(C)c1. The van der Waals surface area contributed by atoms with Crippen molar-refractivity contribution < 1.29 is 4.39 Å². The molecule has 3 heteroatoms.